The van der Waals surface area contributed by atoms with Gasteiger partial charge >= 0.3 is 0 Å². The summed E-state index contributed by atoms with van der Waals surface area (Å²) in [4.78, 5) is 6.61. The molecule has 4 rings (SSSR count). The summed E-state index contributed by atoms with van der Waals surface area (Å²) in [6.07, 6.45) is 1.70. The van der Waals surface area contributed by atoms with E-state index in [9.17, 15) is 4.39 Å². The van der Waals surface area contributed by atoms with Crippen molar-refractivity contribution in [1.82, 2.24) is 19.7 Å². The first kappa shape index (κ1) is 15.1. The van der Waals surface area contributed by atoms with E-state index < -0.39 is 0 Å². The van der Waals surface area contributed by atoms with E-state index in [4.69, 9.17) is 4.42 Å². The Kier molecular flexibility index (Phi) is 3.69. The Morgan fingerprint density at radius 2 is 1.96 bits per heavy atom. The molecular formula is C18H19FN4O. The van der Waals surface area contributed by atoms with Gasteiger partial charge in [-0.3, -0.25) is 9.58 Å². The molecule has 6 heteroatoms. The first-order chi connectivity index (χ1) is 11.6. The van der Waals surface area contributed by atoms with Gasteiger partial charge in [-0.2, -0.15) is 5.10 Å². The molecule has 5 nitrogen and oxygen atoms in total. The molecule has 0 aliphatic carbocycles. The van der Waals surface area contributed by atoms with E-state index in [1.165, 1.54) is 17.8 Å². The molecule has 1 aliphatic heterocycles. The second kappa shape index (κ2) is 5.87. The van der Waals surface area contributed by atoms with Gasteiger partial charge in [0.1, 0.15) is 5.82 Å². The van der Waals surface area contributed by atoms with Crippen LogP contribution in [-0.2, 0) is 6.54 Å². The van der Waals surface area contributed by atoms with Crippen molar-refractivity contribution in [2.75, 3.05) is 13.1 Å². The zero-order chi connectivity index (χ0) is 16.7. The van der Waals surface area contributed by atoms with E-state index in [-0.39, 0.29) is 5.82 Å². The van der Waals surface area contributed by atoms with Gasteiger partial charge in [0.15, 0.2) is 5.76 Å². The summed E-state index contributed by atoms with van der Waals surface area (Å²) < 4.78 is 20.9. The number of likely N-dealkylation sites (tertiary alicyclic amines) is 1. The summed E-state index contributed by atoms with van der Waals surface area (Å²) in [5.74, 6) is 1.09. The van der Waals surface area contributed by atoms with Gasteiger partial charge in [0.05, 0.1) is 24.5 Å². The average Bonchev–Trinajstić information content (AvgIpc) is 3.10. The largest absolute Gasteiger partial charge is 0.439 e. The molecule has 3 heterocycles. The van der Waals surface area contributed by atoms with Crippen molar-refractivity contribution >= 4 is 0 Å². The van der Waals surface area contributed by atoms with Crippen molar-refractivity contribution in [3.8, 4) is 11.3 Å². The molecule has 1 saturated heterocycles. The maximum Gasteiger partial charge on any atom is 0.209 e. The normalized spacial score (nSPS) is 15.6. The van der Waals surface area contributed by atoms with Crippen LogP contribution in [0.2, 0.25) is 0 Å². The molecule has 0 spiro atoms. The van der Waals surface area contributed by atoms with Crippen molar-refractivity contribution in [2.45, 2.75) is 26.4 Å². The second-order valence-corrected chi connectivity index (χ2v) is 6.34. The van der Waals surface area contributed by atoms with Crippen molar-refractivity contribution < 1.29 is 8.81 Å². The van der Waals surface area contributed by atoms with Crippen LogP contribution in [0.15, 0.2) is 40.9 Å². The molecular weight excluding hydrogens is 307 g/mol. The molecule has 0 amide bonds. The second-order valence-electron chi connectivity index (χ2n) is 6.34. The topological polar surface area (TPSA) is 47.1 Å². The fourth-order valence-corrected chi connectivity index (χ4v) is 3.16. The van der Waals surface area contributed by atoms with Gasteiger partial charge in [0.2, 0.25) is 5.89 Å². The van der Waals surface area contributed by atoms with E-state index in [0.717, 1.165) is 24.3 Å². The van der Waals surface area contributed by atoms with Crippen LogP contribution in [0.3, 0.4) is 0 Å². The van der Waals surface area contributed by atoms with Gasteiger partial charge in [-0.05, 0) is 44.2 Å². The molecule has 1 aromatic carbocycles. The lowest BCUT2D eigenvalue weighted by Crippen LogP contribution is -2.47. The lowest BCUT2D eigenvalue weighted by molar-refractivity contribution is 0.0803. The molecule has 0 radical (unpaired) electrons. The summed E-state index contributed by atoms with van der Waals surface area (Å²) in [5, 5.41) is 4.54. The number of hydrogen-bond donors (Lipinski definition) is 0. The van der Waals surface area contributed by atoms with Gasteiger partial charge in [0.25, 0.3) is 0 Å². The molecule has 0 bridgehead atoms. The number of halogens is 1. The third-order valence-electron chi connectivity index (χ3n) is 4.37. The Bertz CT molecular complexity index is 846. The Hall–Kier alpha value is -2.47. The molecule has 0 atom stereocenters. The highest BCUT2D eigenvalue weighted by molar-refractivity contribution is 5.55. The smallest absolute Gasteiger partial charge is 0.209 e. The summed E-state index contributed by atoms with van der Waals surface area (Å²) in [6, 6.07) is 8.76. The predicted octanol–water partition coefficient (Wildman–Crippen LogP) is 3.35. The highest BCUT2D eigenvalue weighted by Crippen LogP contribution is 2.26. The standard InChI is InChI=1S/C18H19FN4O/c1-12-7-13(2)23(21-12)16-9-22(10-16)11-18-20-8-17(24-18)14-3-5-15(19)6-4-14/h3-8,16H,9-11H2,1-2H3. The van der Waals surface area contributed by atoms with Crippen molar-refractivity contribution in [2.24, 2.45) is 0 Å². The minimum atomic E-state index is -0.255. The summed E-state index contributed by atoms with van der Waals surface area (Å²) >= 11 is 0. The lowest BCUT2D eigenvalue weighted by Gasteiger charge is -2.38. The van der Waals surface area contributed by atoms with E-state index in [1.807, 2.05) is 6.92 Å². The Morgan fingerprint density at radius 1 is 1.21 bits per heavy atom. The van der Waals surface area contributed by atoms with Gasteiger partial charge in [-0.1, -0.05) is 0 Å². The van der Waals surface area contributed by atoms with Gasteiger partial charge < -0.3 is 4.42 Å². The number of aryl methyl sites for hydroxylation is 2. The molecule has 2 aromatic heterocycles. The fourth-order valence-electron chi connectivity index (χ4n) is 3.16. The summed E-state index contributed by atoms with van der Waals surface area (Å²) in [5.41, 5.74) is 3.09. The van der Waals surface area contributed by atoms with Crippen LogP contribution in [0.25, 0.3) is 11.3 Å². The fraction of sp³-hybridized carbons (Fsp3) is 0.333. The molecule has 3 aromatic rings. The number of rotatable bonds is 4. The molecule has 124 valence electrons. The highest BCUT2D eigenvalue weighted by Gasteiger charge is 2.30. The van der Waals surface area contributed by atoms with Crippen LogP contribution < -0.4 is 0 Å². The maximum atomic E-state index is 13.0. The molecule has 1 fully saturated rings. The molecule has 24 heavy (non-hydrogen) atoms. The third kappa shape index (κ3) is 2.85. The zero-order valence-corrected chi connectivity index (χ0v) is 13.7. The number of oxazole rings is 1. The summed E-state index contributed by atoms with van der Waals surface area (Å²) in [6.45, 7) is 6.67. The minimum Gasteiger partial charge on any atom is -0.439 e. The molecule has 0 unspecified atom stereocenters. The van der Waals surface area contributed by atoms with Crippen molar-refractivity contribution in [3.05, 3.63) is 59.6 Å². The summed E-state index contributed by atoms with van der Waals surface area (Å²) in [7, 11) is 0. The Balaban J connectivity index is 1.38. The van der Waals surface area contributed by atoms with E-state index in [2.05, 4.69) is 32.7 Å². The SMILES string of the molecule is Cc1cc(C)n(C2CN(Cc3ncc(-c4ccc(F)cc4)o3)C2)n1. The maximum absolute atomic E-state index is 13.0. The monoisotopic (exact) mass is 326 g/mol. The number of hydrogen-bond acceptors (Lipinski definition) is 4. The van der Waals surface area contributed by atoms with Gasteiger partial charge in [-0.15, -0.1) is 0 Å². The quantitative estimate of drug-likeness (QED) is 0.738. The first-order valence-electron chi connectivity index (χ1n) is 8.04. The zero-order valence-electron chi connectivity index (χ0n) is 13.7. The third-order valence-corrected chi connectivity index (χ3v) is 4.37. The van der Waals surface area contributed by atoms with Gasteiger partial charge in [0, 0.05) is 24.3 Å². The van der Waals surface area contributed by atoms with E-state index >= 15 is 0 Å². The average molecular weight is 326 g/mol. The predicted molar refractivity (Wildman–Crippen MR) is 87.9 cm³/mol. The van der Waals surface area contributed by atoms with Gasteiger partial charge in [-0.25, -0.2) is 9.37 Å². The molecule has 0 N–H and O–H groups in total. The minimum absolute atomic E-state index is 0.255. The Labute approximate surface area is 139 Å². The van der Waals surface area contributed by atoms with Crippen molar-refractivity contribution in [1.29, 1.82) is 0 Å². The van der Waals surface area contributed by atoms with Crippen LogP contribution in [0, 0.1) is 19.7 Å². The van der Waals surface area contributed by atoms with E-state index in [0.29, 0.717) is 24.2 Å². The van der Waals surface area contributed by atoms with Crippen LogP contribution in [0.1, 0.15) is 23.3 Å². The van der Waals surface area contributed by atoms with E-state index in [1.54, 1.807) is 18.3 Å². The van der Waals surface area contributed by atoms with Crippen LogP contribution in [0.5, 0.6) is 0 Å². The highest BCUT2D eigenvalue weighted by atomic mass is 19.1. The van der Waals surface area contributed by atoms with Crippen molar-refractivity contribution in [3.63, 3.8) is 0 Å². The molecule has 0 saturated carbocycles. The number of aromatic nitrogens is 3. The lowest BCUT2D eigenvalue weighted by atomic mass is 10.1. The Morgan fingerprint density at radius 3 is 2.62 bits per heavy atom. The van der Waals surface area contributed by atoms with Crippen LogP contribution >= 0.6 is 0 Å². The molecule has 1 aliphatic rings. The first-order valence-corrected chi connectivity index (χ1v) is 8.04. The van der Waals surface area contributed by atoms with Crippen LogP contribution in [0.4, 0.5) is 4.39 Å². The van der Waals surface area contributed by atoms with Crippen LogP contribution in [-0.4, -0.2) is 32.8 Å². The number of benzene rings is 1. The number of nitrogens with zero attached hydrogens (tertiary/aromatic N) is 4.